The second-order valence-electron chi connectivity index (χ2n) is 5.93. The summed E-state index contributed by atoms with van der Waals surface area (Å²) < 4.78 is 5.18. The molecule has 2 bridgehead atoms. The third-order valence-electron chi connectivity index (χ3n) is 4.76. The summed E-state index contributed by atoms with van der Waals surface area (Å²) in [5, 5.41) is 0. The average molecular weight is 293 g/mol. The Bertz CT molecular complexity index is 714. The molecular weight excluding hydrogens is 274 g/mol. The molecule has 0 unspecified atom stereocenters. The minimum atomic E-state index is -0.135. The normalized spacial score (nSPS) is 22.0. The van der Waals surface area contributed by atoms with Crippen LogP contribution in [-0.2, 0) is 16.0 Å². The molecule has 0 aliphatic carbocycles. The van der Waals surface area contributed by atoms with Crippen molar-refractivity contribution >= 4 is 5.97 Å². The van der Waals surface area contributed by atoms with E-state index < -0.39 is 0 Å². The van der Waals surface area contributed by atoms with Crippen LogP contribution in [0.5, 0.6) is 0 Å². The summed E-state index contributed by atoms with van der Waals surface area (Å²) in [4.78, 5) is 14.3. The number of fused-ring (bicyclic) bond motifs is 7. The SMILES string of the molecule is CCOC(=O)CN1[C@@H]2c3ccccc3C[C@H]1c1ccccc12. The first-order chi connectivity index (χ1) is 10.8. The van der Waals surface area contributed by atoms with Gasteiger partial charge in [0.15, 0.2) is 0 Å². The van der Waals surface area contributed by atoms with Gasteiger partial charge in [0, 0.05) is 6.04 Å². The Kier molecular flexibility index (Phi) is 3.23. The molecular formula is C19H19NO2. The van der Waals surface area contributed by atoms with E-state index in [-0.39, 0.29) is 18.1 Å². The van der Waals surface area contributed by atoms with Gasteiger partial charge in [0.25, 0.3) is 0 Å². The fraction of sp³-hybridized carbons (Fsp3) is 0.316. The molecule has 112 valence electrons. The van der Waals surface area contributed by atoms with E-state index in [2.05, 4.69) is 53.4 Å². The van der Waals surface area contributed by atoms with Crippen LogP contribution in [0, 0.1) is 0 Å². The molecule has 0 aromatic heterocycles. The van der Waals surface area contributed by atoms with Crippen LogP contribution >= 0.6 is 0 Å². The molecule has 0 fully saturated rings. The van der Waals surface area contributed by atoms with Gasteiger partial charge in [-0.3, -0.25) is 9.69 Å². The van der Waals surface area contributed by atoms with E-state index >= 15 is 0 Å². The number of benzene rings is 2. The van der Waals surface area contributed by atoms with Gasteiger partial charge in [-0.2, -0.15) is 0 Å². The lowest BCUT2D eigenvalue weighted by Gasteiger charge is -2.36. The molecule has 0 spiro atoms. The molecule has 0 amide bonds. The third kappa shape index (κ3) is 1.97. The maximum absolute atomic E-state index is 12.0. The molecule has 3 nitrogen and oxygen atoms in total. The number of nitrogens with zero attached hydrogens (tertiary/aromatic N) is 1. The minimum Gasteiger partial charge on any atom is -0.465 e. The Hall–Kier alpha value is -2.13. The highest BCUT2D eigenvalue weighted by atomic mass is 16.5. The Morgan fingerprint density at radius 1 is 1.09 bits per heavy atom. The maximum Gasteiger partial charge on any atom is 0.320 e. The molecule has 2 aliphatic rings. The molecule has 22 heavy (non-hydrogen) atoms. The molecule has 4 rings (SSSR count). The lowest BCUT2D eigenvalue weighted by molar-refractivity contribution is -0.145. The van der Waals surface area contributed by atoms with Gasteiger partial charge in [-0.1, -0.05) is 48.5 Å². The van der Waals surface area contributed by atoms with Crippen molar-refractivity contribution in [2.45, 2.75) is 25.4 Å². The Balaban J connectivity index is 1.78. The first-order valence-electron chi connectivity index (χ1n) is 7.87. The van der Waals surface area contributed by atoms with E-state index in [1.165, 1.54) is 22.3 Å². The van der Waals surface area contributed by atoms with Crippen LogP contribution in [0.25, 0.3) is 0 Å². The van der Waals surface area contributed by atoms with Gasteiger partial charge in [0.2, 0.25) is 0 Å². The highest BCUT2D eigenvalue weighted by Crippen LogP contribution is 2.51. The van der Waals surface area contributed by atoms with E-state index in [1.807, 2.05) is 6.92 Å². The average Bonchev–Trinajstić information content (AvgIpc) is 2.74. The van der Waals surface area contributed by atoms with Gasteiger partial charge >= 0.3 is 5.97 Å². The van der Waals surface area contributed by atoms with Crippen LogP contribution in [0.15, 0.2) is 48.5 Å². The third-order valence-corrected chi connectivity index (χ3v) is 4.76. The molecule has 2 atom stereocenters. The predicted octanol–water partition coefficient (Wildman–Crippen LogP) is 3.25. The van der Waals surface area contributed by atoms with E-state index in [9.17, 15) is 4.79 Å². The number of ether oxygens (including phenoxy) is 1. The minimum absolute atomic E-state index is 0.135. The number of carbonyl (C=O) groups excluding carboxylic acids is 1. The smallest absolute Gasteiger partial charge is 0.320 e. The van der Waals surface area contributed by atoms with Crippen molar-refractivity contribution in [3.8, 4) is 0 Å². The van der Waals surface area contributed by atoms with Crippen LogP contribution in [0.3, 0.4) is 0 Å². The summed E-state index contributed by atoms with van der Waals surface area (Å²) in [6.07, 6.45) is 0.961. The van der Waals surface area contributed by atoms with E-state index in [0.717, 1.165) is 6.42 Å². The van der Waals surface area contributed by atoms with Crippen molar-refractivity contribution in [3.63, 3.8) is 0 Å². The second-order valence-corrected chi connectivity index (χ2v) is 5.93. The first-order valence-corrected chi connectivity index (χ1v) is 7.87. The van der Waals surface area contributed by atoms with Crippen molar-refractivity contribution in [2.24, 2.45) is 0 Å². The van der Waals surface area contributed by atoms with Crippen molar-refractivity contribution in [1.82, 2.24) is 4.90 Å². The van der Waals surface area contributed by atoms with Gasteiger partial charge in [0.1, 0.15) is 0 Å². The fourth-order valence-electron chi connectivity index (χ4n) is 3.93. The molecule has 0 saturated heterocycles. The zero-order chi connectivity index (χ0) is 15.1. The zero-order valence-electron chi connectivity index (χ0n) is 12.7. The summed E-state index contributed by atoms with van der Waals surface area (Å²) in [5.41, 5.74) is 5.41. The highest BCUT2D eigenvalue weighted by molar-refractivity contribution is 5.72. The Labute approximate surface area is 130 Å². The Morgan fingerprint density at radius 3 is 2.55 bits per heavy atom. The fourth-order valence-corrected chi connectivity index (χ4v) is 3.93. The molecule has 0 saturated carbocycles. The van der Waals surface area contributed by atoms with Crippen molar-refractivity contribution in [2.75, 3.05) is 13.2 Å². The zero-order valence-corrected chi connectivity index (χ0v) is 12.7. The summed E-state index contributed by atoms with van der Waals surface area (Å²) in [5.74, 6) is -0.135. The van der Waals surface area contributed by atoms with E-state index in [4.69, 9.17) is 4.74 Å². The number of carbonyl (C=O) groups is 1. The molecule has 0 radical (unpaired) electrons. The van der Waals surface area contributed by atoms with Crippen LogP contribution in [0.2, 0.25) is 0 Å². The van der Waals surface area contributed by atoms with E-state index in [1.54, 1.807) is 0 Å². The molecule has 3 heteroatoms. The summed E-state index contributed by atoms with van der Waals surface area (Å²) in [6, 6.07) is 17.6. The van der Waals surface area contributed by atoms with Gasteiger partial charge in [-0.15, -0.1) is 0 Å². The quantitative estimate of drug-likeness (QED) is 0.814. The number of rotatable bonds is 3. The standard InChI is InChI=1S/C19H19NO2/c1-2-22-18(21)12-20-17-11-13-7-3-4-8-14(13)19(20)16-10-6-5-9-15(16)17/h3-10,17,19H,2,11-12H2,1H3/t17-,19+/m0/s1. The molecule has 2 aliphatic heterocycles. The summed E-state index contributed by atoms with van der Waals surface area (Å²) in [7, 11) is 0. The van der Waals surface area contributed by atoms with Crippen LogP contribution in [0.4, 0.5) is 0 Å². The lowest BCUT2D eigenvalue weighted by Crippen LogP contribution is -2.37. The van der Waals surface area contributed by atoms with E-state index in [0.29, 0.717) is 13.2 Å². The number of hydrogen-bond donors (Lipinski definition) is 0. The van der Waals surface area contributed by atoms with Crippen LogP contribution < -0.4 is 0 Å². The first kappa shape index (κ1) is 13.5. The van der Waals surface area contributed by atoms with Crippen molar-refractivity contribution < 1.29 is 9.53 Å². The predicted molar refractivity (Wildman–Crippen MR) is 84.5 cm³/mol. The largest absolute Gasteiger partial charge is 0.465 e. The maximum atomic E-state index is 12.0. The number of esters is 1. The molecule has 2 aromatic rings. The number of hydrogen-bond acceptors (Lipinski definition) is 3. The van der Waals surface area contributed by atoms with Crippen LogP contribution in [-0.4, -0.2) is 24.0 Å². The summed E-state index contributed by atoms with van der Waals surface area (Å²) in [6.45, 7) is 2.64. The van der Waals surface area contributed by atoms with Gasteiger partial charge in [0.05, 0.1) is 19.2 Å². The summed E-state index contributed by atoms with van der Waals surface area (Å²) >= 11 is 0. The van der Waals surface area contributed by atoms with Gasteiger partial charge < -0.3 is 4.74 Å². The van der Waals surface area contributed by atoms with Gasteiger partial charge in [-0.05, 0) is 35.6 Å². The highest BCUT2D eigenvalue weighted by Gasteiger charge is 2.44. The Morgan fingerprint density at radius 2 is 1.77 bits per heavy atom. The van der Waals surface area contributed by atoms with Crippen molar-refractivity contribution in [3.05, 3.63) is 70.8 Å². The van der Waals surface area contributed by atoms with Gasteiger partial charge in [-0.25, -0.2) is 0 Å². The molecule has 2 aromatic carbocycles. The molecule has 0 N–H and O–H groups in total. The van der Waals surface area contributed by atoms with Crippen molar-refractivity contribution in [1.29, 1.82) is 0 Å². The van der Waals surface area contributed by atoms with Crippen LogP contribution in [0.1, 0.15) is 41.3 Å². The molecule has 2 heterocycles. The monoisotopic (exact) mass is 293 g/mol. The lowest BCUT2D eigenvalue weighted by atomic mass is 9.91. The second kappa shape index (κ2) is 5.25. The topological polar surface area (TPSA) is 29.5 Å².